The van der Waals surface area contributed by atoms with Crippen molar-refractivity contribution in [2.75, 3.05) is 53.9 Å². The van der Waals surface area contributed by atoms with Crippen molar-refractivity contribution < 1.29 is 9.63 Å². The molecule has 0 unspecified atom stereocenters. The van der Waals surface area contributed by atoms with Crippen molar-refractivity contribution in [3.05, 3.63) is 71.3 Å². The Kier molecular flexibility index (Phi) is 14.4. The first-order valence-corrected chi connectivity index (χ1v) is 13.9. The van der Waals surface area contributed by atoms with Crippen LogP contribution in [0.1, 0.15) is 54.6 Å². The first-order valence-electron chi connectivity index (χ1n) is 13.9. The summed E-state index contributed by atoms with van der Waals surface area (Å²) < 4.78 is 0. The summed E-state index contributed by atoms with van der Waals surface area (Å²) in [5, 5.41) is 0. The van der Waals surface area contributed by atoms with Gasteiger partial charge in [0.05, 0.1) is 12.8 Å². The number of nitrogens with two attached hydrogens (primary N) is 1. The van der Waals surface area contributed by atoms with Crippen LogP contribution in [0.2, 0.25) is 0 Å². The number of hydroxylamine groups is 1. The van der Waals surface area contributed by atoms with Gasteiger partial charge in [0.15, 0.2) is 0 Å². The third kappa shape index (κ3) is 10.9. The Hall–Kier alpha value is -3.10. The predicted molar refractivity (Wildman–Crippen MR) is 166 cm³/mol. The fourth-order valence-electron chi connectivity index (χ4n) is 4.48. The number of aldehydes is 1. The van der Waals surface area contributed by atoms with E-state index in [1.54, 1.807) is 7.11 Å². The molecule has 0 saturated carbocycles. The number of carbonyl (C=O) groups is 1. The maximum absolute atomic E-state index is 11.6. The maximum atomic E-state index is 11.6. The molecule has 1 aliphatic heterocycles. The van der Waals surface area contributed by atoms with Gasteiger partial charge in [-0.3, -0.25) is 4.79 Å². The zero-order chi connectivity index (χ0) is 28.6. The summed E-state index contributed by atoms with van der Waals surface area (Å²) in [6.07, 6.45) is 8.75. The second-order valence-corrected chi connectivity index (χ2v) is 9.96. The van der Waals surface area contributed by atoms with Gasteiger partial charge < -0.3 is 20.4 Å². The molecule has 7 heteroatoms. The quantitative estimate of drug-likeness (QED) is 0.190. The normalized spacial score (nSPS) is 12.7. The molecule has 212 valence electrons. The highest BCUT2D eigenvalue weighted by atomic mass is 16.6. The van der Waals surface area contributed by atoms with E-state index in [1.807, 2.05) is 24.3 Å². The van der Waals surface area contributed by atoms with Gasteiger partial charge in [0.1, 0.15) is 12.1 Å². The Morgan fingerprint density at radius 2 is 1.69 bits per heavy atom. The minimum atomic E-state index is 0.574. The molecule has 0 spiro atoms. The van der Waals surface area contributed by atoms with Crippen LogP contribution in [0.5, 0.6) is 0 Å². The minimum absolute atomic E-state index is 0.574. The topological polar surface area (TPSA) is 83.2 Å². The van der Waals surface area contributed by atoms with Crippen molar-refractivity contribution >= 4 is 23.9 Å². The molecule has 0 bridgehead atoms. The molecule has 0 aromatic heterocycles. The molecule has 0 saturated heterocycles. The first kappa shape index (κ1) is 32.1. The van der Waals surface area contributed by atoms with Crippen molar-refractivity contribution in [1.82, 2.24) is 15.3 Å². The van der Waals surface area contributed by atoms with Gasteiger partial charge in [0, 0.05) is 37.2 Å². The molecule has 0 radical (unpaired) electrons. The molecule has 1 aliphatic rings. The van der Waals surface area contributed by atoms with Gasteiger partial charge in [-0.05, 0) is 80.9 Å². The second kappa shape index (κ2) is 17.5. The van der Waals surface area contributed by atoms with Crippen LogP contribution in [0.15, 0.2) is 59.6 Å². The molecule has 0 amide bonds. The van der Waals surface area contributed by atoms with Crippen molar-refractivity contribution in [3.63, 3.8) is 0 Å². The third-order valence-electron chi connectivity index (χ3n) is 6.60. The number of allylic oxidation sites excluding steroid dienone is 1. The average Bonchev–Trinajstić information content (AvgIpc) is 3.09. The van der Waals surface area contributed by atoms with Crippen LogP contribution >= 0.6 is 0 Å². The van der Waals surface area contributed by atoms with Crippen molar-refractivity contribution in [1.29, 1.82) is 0 Å². The minimum Gasteiger partial charge on any atom is -0.387 e. The van der Waals surface area contributed by atoms with Crippen LogP contribution in [-0.2, 0) is 11.3 Å². The summed E-state index contributed by atoms with van der Waals surface area (Å²) in [4.78, 5) is 25.6. The van der Waals surface area contributed by atoms with Gasteiger partial charge in [0.2, 0.25) is 0 Å². The van der Waals surface area contributed by atoms with Crippen molar-refractivity contribution in [3.8, 4) is 11.1 Å². The average molecular weight is 534 g/mol. The van der Waals surface area contributed by atoms with Crippen molar-refractivity contribution in [2.45, 2.75) is 39.5 Å². The summed E-state index contributed by atoms with van der Waals surface area (Å²) >= 11 is 0. The number of carbonyl (C=O) groups excluding carboxylic acids is 1. The van der Waals surface area contributed by atoms with Crippen LogP contribution in [0.3, 0.4) is 0 Å². The lowest BCUT2D eigenvalue weighted by molar-refractivity contribution is 0.0850. The third-order valence-corrected chi connectivity index (χ3v) is 6.60. The number of amidine groups is 1. The zero-order valence-corrected chi connectivity index (χ0v) is 24.5. The van der Waals surface area contributed by atoms with E-state index in [2.05, 4.69) is 79.1 Å². The van der Waals surface area contributed by atoms with Gasteiger partial charge in [-0.2, -0.15) is 0 Å². The fourth-order valence-corrected chi connectivity index (χ4v) is 4.48. The number of fused-ring (bicyclic) bond motifs is 1. The summed E-state index contributed by atoms with van der Waals surface area (Å²) in [5.41, 5.74) is 15.7. The molecule has 3 rings (SSSR count). The van der Waals surface area contributed by atoms with E-state index in [4.69, 9.17) is 10.6 Å². The van der Waals surface area contributed by atoms with E-state index in [1.165, 1.54) is 25.9 Å². The molecule has 0 aliphatic carbocycles. The lowest BCUT2D eigenvalue weighted by atomic mass is 9.96. The van der Waals surface area contributed by atoms with Crippen LogP contribution in [-0.4, -0.2) is 75.9 Å². The lowest BCUT2D eigenvalue weighted by Gasteiger charge is -2.17. The molecule has 0 atom stereocenters. The number of hydrogen-bond donors (Lipinski definition) is 2. The number of hydrogen-bond acceptors (Lipinski definition) is 7. The van der Waals surface area contributed by atoms with Gasteiger partial charge in [-0.1, -0.05) is 56.8 Å². The SMILES string of the molecule is C=CC1=Cc2ccc(-c3ccc(C=O)c(CCN(C)CCNOC)c3)cc2N=C(N)C1.CCCN(C)CCC. The second-order valence-electron chi connectivity index (χ2n) is 9.96. The number of rotatable bonds is 14. The Labute approximate surface area is 235 Å². The highest BCUT2D eigenvalue weighted by Crippen LogP contribution is 2.32. The molecule has 1 heterocycles. The highest BCUT2D eigenvalue weighted by molar-refractivity contribution is 5.91. The zero-order valence-electron chi connectivity index (χ0n) is 24.5. The highest BCUT2D eigenvalue weighted by Gasteiger charge is 2.12. The number of likely N-dealkylation sites (N-methyl/N-ethyl adjacent to an activating group) is 1. The van der Waals surface area contributed by atoms with Gasteiger partial charge in [-0.15, -0.1) is 0 Å². The number of nitrogens with one attached hydrogen (secondary N) is 1. The van der Waals surface area contributed by atoms with Crippen LogP contribution < -0.4 is 11.2 Å². The first-order chi connectivity index (χ1) is 18.8. The molecule has 39 heavy (non-hydrogen) atoms. The van der Waals surface area contributed by atoms with E-state index < -0.39 is 0 Å². The summed E-state index contributed by atoms with van der Waals surface area (Å²) in [6, 6.07) is 12.2. The standard InChI is InChI=1S/C25H30N4O2.C7H17N/c1-4-18-13-22-7-5-20(16-24(22)28-25(26)14-18)19-6-8-23(17-30)21(15-19)9-11-29(2)12-10-27-31-3;1-4-6-8(3)7-5-2/h4-8,13,15-17,27H,1,9-12,14H2,2-3H3,(H2,26,28);4-7H2,1-3H3. The van der Waals surface area contributed by atoms with Crippen LogP contribution in [0.4, 0.5) is 5.69 Å². The Balaban J connectivity index is 0.000000580. The Bertz CT molecular complexity index is 1120. The maximum Gasteiger partial charge on any atom is 0.150 e. The van der Waals surface area contributed by atoms with E-state index in [9.17, 15) is 4.79 Å². The molecule has 0 fully saturated rings. The van der Waals surface area contributed by atoms with Crippen LogP contribution in [0.25, 0.3) is 17.2 Å². The van der Waals surface area contributed by atoms with Gasteiger partial charge >= 0.3 is 0 Å². The van der Waals surface area contributed by atoms with Gasteiger partial charge in [0.25, 0.3) is 0 Å². The Morgan fingerprint density at radius 3 is 2.33 bits per heavy atom. The van der Waals surface area contributed by atoms with Crippen LogP contribution in [0, 0.1) is 0 Å². The summed E-state index contributed by atoms with van der Waals surface area (Å²) in [5.74, 6) is 0.574. The van der Waals surface area contributed by atoms with E-state index in [0.717, 1.165) is 71.4 Å². The molecule has 3 N–H and O–H groups in total. The number of benzene rings is 2. The fraction of sp³-hybridized carbons (Fsp3) is 0.438. The molecule has 2 aromatic carbocycles. The molecular weight excluding hydrogens is 486 g/mol. The monoisotopic (exact) mass is 533 g/mol. The van der Waals surface area contributed by atoms with Crippen molar-refractivity contribution in [2.24, 2.45) is 10.7 Å². The number of aliphatic imine (C=N–C) groups is 1. The molecule has 7 nitrogen and oxygen atoms in total. The van der Waals surface area contributed by atoms with E-state index in [0.29, 0.717) is 12.3 Å². The smallest absolute Gasteiger partial charge is 0.150 e. The van der Waals surface area contributed by atoms with Gasteiger partial charge in [-0.25, -0.2) is 10.5 Å². The number of nitrogens with zero attached hydrogens (tertiary/aromatic N) is 3. The van der Waals surface area contributed by atoms with E-state index in [-0.39, 0.29) is 0 Å². The summed E-state index contributed by atoms with van der Waals surface area (Å²) in [6.45, 7) is 13.2. The molecular formula is C32H47N5O2. The lowest BCUT2D eigenvalue weighted by Crippen LogP contribution is -2.30. The Morgan fingerprint density at radius 1 is 1.03 bits per heavy atom. The van der Waals surface area contributed by atoms with E-state index >= 15 is 0 Å². The predicted octanol–water partition coefficient (Wildman–Crippen LogP) is 5.49. The summed E-state index contributed by atoms with van der Waals surface area (Å²) in [7, 11) is 5.84. The molecule has 2 aromatic rings. The largest absolute Gasteiger partial charge is 0.387 e.